The van der Waals surface area contributed by atoms with Crippen molar-refractivity contribution in [2.24, 2.45) is 5.73 Å². The summed E-state index contributed by atoms with van der Waals surface area (Å²) in [6.45, 7) is 7.14. The third-order valence-corrected chi connectivity index (χ3v) is 3.32. The molecule has 0 unspecified atom stereocenters. The predicted octanol–water partition coefficient (Wildman–Crippen LogP) is 1.86. The van der Waals surface area contributed by atoms with Crippen LogP contribution in [0.5, 0.6) is 5.75 Å². The van der Waals surface area contributed by atoms with Gasteiger partial charge in [0.15, 0.2) is 0 Å². The molecule has 0 saturated carbocycles. The van der Waals surface area contributed by atoms with Crippen LogP contribution in [0, 0.1) is 11.8 Å². The summed E-state index contributed by atoms with van der Waals surface area (Å²) in [5.74, 6) is 6.90. The van der Waals surface area contributed by atoms with E-state index in [9.17, 15) is 0 Å². The Hall–Kier alpha value is -1.54. The second-order valence-electron chi connectivity index (χ2n) is 5.09. The lowest BCUT2D eigenvalue weighted by molar-refractivity contribution is 0.125. The van der Waals surface area contributed by atoms with E-state index in [1.807, 2.05) is 18.2 Å². The first-order chi connectivity index (χ1) is 10.1. The number of hydrogen-bond acceptors (Lipinski definition) is 4. The van der Waals surface area contributed by atoms with Crippen LogP contribution in [0.25, 0.3) is 0 Å². The van der Waals surface area contributed by atoms with Crippen molar-refractivity contribution in [1.82, 2.24) is 4.90 Å². The van der Waals surface area contributed by atoms with Gasteiger partial charge in [0.25, 0.3) is 0 Å². The van der Waals surface area contributed by atoms with Gasteiger partial charge in [0.1, 0.15) is 5.75 Å². The van der Waals surface area contributed by atoms with Gasteiger partial charge < -0.3 is 15.2 Å². The fourth-order valence-corrected chi connectivity index (χ4v) is 2.04. The highest BCUT2D eigenvalue weighted by Crippen LogP contribution is 2.19. The first kappa shape index (κ1) is 17.5. The number of rotatable bonds is 7. The van der Waals surface area contributed by atoms with Crippen LogP contribution in [0.2, 0.25) is 0 Å². The molecule has 4 nitrogen and oxygen atoms in total. The van der Waals surface area contributed by atoms with Crippen LogP contribution in [0.3, 0.4) is 0 Å². The zero-order chi connectivity index (χ0) is 15.7. The maximum absolute atomic E-state index is 5.47. The molecule has 0 amide bonds. The second-order valence-corrected chi connectivity index (χ2v) is 5.09. The van der Waals surface area contributed by atoms with E-state index < -0.39 is 0 Å². The summed E-state index contributed by atoms with van der Waals surface area (Å²) in [6, 6.07) is 6.40. The fourth-order valence-electron chi connectivity index (χ4n) is 2.04. The van der Waals surface area contributed by atoms with Crippen molar-refractivity contribution in [1.29, 1.82) is 0 Å². The highest BCUT2D eigenvalue weighted by Gasteiger charge is 2.12. The average Bonchev–Trinajstić information content (AvgIpc) is 2.49. The summed E-state index contributed by atoms with van der Waals surface area (Å²) in [4.78, 5) is 2.35. The quantitative estimate of drug-likeness (QED) is 0.779. The molecular weight excluding hydrogens is 264 g/mol. The Balaban J connectivity index is 3.00. The van der Waals surface area contributed by atoms with E-state index >= 15 is 0 Å². The van der Waals surface area contributed by atoms with Crippen LogP contribution in [-0.2, 0) is 11.3 Å². The highest BCUT2D eigenvalue weighted by molar-refractivity contribution is 5.45. The Morgan fingerprint density at radius 2 is 2.05 bits per heavy atom. The number of nitrogens with zero attached hydrogens (tertiary/aromatic N) is 1. The van der Waals surface area contributed by atoms with Crippen molar-refractivity contribution < 1.29 is 9.47 Å². The Morgan fingerprint density at radius 3 is 2.62 bits per heavy atom. The number of benzene rings is 1. The third kappa shape index (κ3) is 5.76. The molecule has 21 heavy (non-hydrogen) atoms. The maximum atomic E-state index is 5.47. The van der Waals surface area contributed by atoms with E-state index in [0.29, 0.717) is 19.2 Å². The second kappa shape index (κ2) is 9.41. The number of ether oxygens (including phenoxy) is 2. The predicted molar refractivity (Wildman–Crippen MR) is 86.3 cm³/mol. The molecule has 1 aromatic rings. The first-order valence-electron chi connectivity index (χ1n) is 7.21. The van der Waals surface area contributed by atoms with E-state index in [4.69, 9.17) is 15.2 Å². The van der Waals surface area contributed by atoms with E-state index in [1.54, 1.807) is 14.2 Å². The van der Waals surface area contributed by atoms with Crippen LogP contribution in [0.15, 0.2) is 18.2 Å². The Kier molecular flexibility index (Phi) is 7.84. The summed E-state index contributed by atoms with van der Waals surface area (Å²) in [7, 11) is 3.40. The molecule has 0 bridgehead atoms. The standard InChI is InChI=1S/C17H26N2O2/c1-14(2)19(10-11-20-3)13-16-12-17(21-4)8-7-15(16)6-5-9-18/h7-8,12,14H,9-11,13,18H2,1-4H3. The minimum atomic E-state index is 0.364. The zero-order valence-electron chi connectivity index (χ0n) is 13.5. The monoisotopic (exact) mass is 290 g/mol. The molecule has 0 aliphatic carbocycles. The molecule has 1 rings (SSSR count). The smallest absolute Gasteiger partial charge is 0.119 e. The zero-order valence-corrected chi connectivity index (χ0v) is 13.5. The van der Waals surface area contributed by atoms with Crippen molar-refractivity contribution in [3.8, 4) is 17.6 Å². The number of methoxy groups -OCH3 is 2. The van der Waals surface area contributed by atoms with Gasteiger partial charge in [0, 0.05) is 31.8 Å². The number of nitrogens with two attached hydrogens (primary N) is 1. The summed E-state index contributed by atoms with van der Waals surface area (Å²) >= 11 is 0. The van der Waals surface area contributed by atoms with Crippen molar-refractivity contribution >= 4 is 0 Å². The lowest BCUT2D eigenvalue weighted by Gasteiger charge is -2.26. The maximum Gasteiger partial charge on any atom is 0.119 e. The van der Waals surface area contributed by atoms with Crippen molar-refractivity contribution in [3.05, 3.63) is 29.3 Å². The molecule has 116 valence electrons. The molecule has 0 radical (unpaired) electrons. The van der Waals surface area contributed by atoms with E-state index in [-0.39, 0.29) is 0 Å². The van der Waals surface area contributed by atoms with Gasteiger partial charge in [-0.15, -0.1) is 0 Å². The van der Waals surface area contributed by atoms with Gasteiger partial charge in [-0.2, -0.15) is 0 Å². The average molecular weight is 290 g/mol. The van der Waals surface area contributed by atoms with Crippen LogP contribution < -0.4 is 10.5 Å². The molecule has 0 saturated heterocycles. The molecule has 0 spiro atoms. The molecule has 4 heteroatoms. The third-order valence-electron chi connectivity index (χ3n) is 3.32. The summed E-state index contributed by atoms with van der Waals surface area (Å²) in [6.07, 6.45) is 0. The SMILES string of the molecule is COCCN(Cc1cc(OC)ccc1C#CCN)C(C)C. The van der Waals surface area contributed by atoms with E-state index in [1.165, 1.54) is 0 Å². The van der Waals surface area contributed by atoms with Crippen molar-refractivity contribution in [2.45, 2.75) is 26.4 Å². The van der Waals surface area contributed by atoms with Gasteiger partial charge in [0.2, 0.25) is 0 Å². The molecule has 2 N–H and O–H groups in total. The van der Waals surface area contributed by atoms with Crippen molar-refractivity contribution in [2.75, 3.05) is 33.9 Å². The van der Waals surface area contributed by atoms with Gasteiger partial charge in [-0.05, 0) is 37.6 Å². The van der Waals surface area contributed by atoms with Gasteiger partial charge in [-0.25, -0.2) is 0 Å². The van der Waals surface area contributed by atoms with Gasteiger partial charge in [-0.1, -0.05) is 11.8 Å². The lowest BCUT2D eigenvalue weighted by Crippen LogP contribution is -2.33. The van der Waals surface area contributed by atoms with E-state index in [0.717, 1.165) is 30.0 Å². The lowest BCUT2D eigenvalue weighted by atomic mass is 10.1. The summed E-state index contributed by atoms with van der Waals surface area (Å²) in [5, 5.41) is 0. The minimum Gasteiger partial charge on any atom is -0.497 e. The summed E-state index contributed by atoms with van der Waals surface area (Å²) in [5.41, 5.74) is 7.63. The Morgan fingerprint density at radius 1 is 1.29 bits per heavy atom. The number of hydrogen-bond donors (Lipinski definition) is 1. The Bertz CT molecular complexity index is 489. The fraction of sp³-hybridized carbons (Fsp3) is 0.529. The molecule has 0 fully saturated rings. The largest absolute Gasteiger partial charge is 0.497 e. The van der Waals surface area contributed by atoms with Crippen molar-refractivity contribution in [3.63, 3.8) is 0 Å². The van der Waals surface area contributed by atoms with Crippen LogP contribution in [0.4, 0.5) is 0 Å². The molecule has 1 aromatic carbocycles. The molecule has 0 aliphatic heterocycles. The van der Waals surface area contributed by atoms with Crippen LogP contribution in [-0.4, -0.2) is 44.9 Å². The Labute approximate surface area is 128 Å². The molecular formula is C17H26N2O2. The van der Waals surface area contributed by atoms with Gasteiger partial charge in [0.05, 0.1) is 20.3 Å². The minimum absolute atomic E-state index is 0.364. The van der Waals surface area contributed by atoms with Gasteiger partial charge in [-0.3, -0.25) is 4.90 Å². The summed E-state index contributed by atoms with van der Waals surface area (Å²) < 4.78 is 10.5. The first-order valence-corrected chi connectivity index (χ1v) is 7.21. The van der Waals surface area contributed by atoms with Gasteiger partial charge >= 0.3 is 0 Å². The van der Waals surface area contributed by atoms with E-state index in [2.05, 4.69) is 30.6 Å². The molecule has 0 aromatic heterocycles. The molecule has 0 aliphatic rings. The van der Waals surface area contributed by atoms with Crippen LogP contribution >= 0.6 is 0 Å². The molecule has 0 heterocycles. The molecule has 0 atom stereocenters. The highest BCUT2D eigenvalue weighted by atomic mass is 16.5. The van der Waals surface area contributed by atoms with Crippen LogP contribution in [0.1, 0.15) is 25.0 Å². The normalized spacial score (nSPS) is 10.6. The topological polar surface area (TPSA) is 47.7 Å².